The smallest absolute Gasteiger partial charge is 0.137 e. The highest BCUT2D eigenvalue weighted by molar-refractivity contribution is 9.10. The van der Waals surface area contributed by atoms with Crippen molar-refractivity contribution < 1.29 is 4.39 Å². The molecule has 18 heavy (non-hydrogen) atoms. The van der Waals surface area contributed by atoms with E-state index in [0.29, 0.717) is 4.47 Å². The first-order valence-electron chi connectivity index (χ1n) is 6.33. The molecule has 0 heterocycles. The first-order chi connectivity index (χ1) is 8.74. The van der Waals surface area contributed by atoms with Crippen LogP contribution in [0.4, 0.5) is 4.39 Å². The van der Waals surface area contributed by atoms with E-state index in [2.05, 4.69) is 27.4 Å². The van der Waals surface area contributed by atoms with Gasteiger partial charge in [0.15, 0.2) is 0 Å². The Bertz CT molecular complexity index is 445. The Morgan fingerprint density at radius 3 is 2.89 bits per heavy atom. The van der Waals surface area contributed by atoms with Crippen LogP contribution in [0, 0.1) is 5.82 Å². The summed E-state index contributed by atoms with van der Waals surface area (Å²) in [6.45, 7) is 0. The molecule has 0 fully saturated rings. The van der Waals surface area contributed by atoms with Crippen molar-refractivity contribution >= 4 is 15.9 Å². The highest BCUT2D eigenvalue weighted by Crippen LogP contribution is 2.33. The van der Waals surface area contributed by atoms with E-state index in [-0.39, 0.29) is 11.9 Å². The normalized spacial score (nSPS) is 18.1. The van der Waals surface area contributed by atoms with Crippen LogP contribution in [0.25, 0.3) is 0 Å². The molecular formula is C14H18BrFN2. The van der Waals surface area contributed by atoms with Gasteiger partial charge in [0.25, 0.3) is 0 Å². The average molecular weight is 313 g/mol. The second kappa shape index (κ2) is 6.45. The second-order valence-electron chi connectivity index (χ2n) is 4.62. The molecule has 1 aromatic carbocycles. The van der Waals surface area contributed by atoms with Crippen LogP contribution in [0.5, 0.6) is 0 Å². The Labute approximate surface area is 116 Å². The number of hydrogen-bond acceptors (Lipinski definition) is 2. The van der Waals surface area contributed by atoms with Crippen molar-refractivity contribution in [3.05, 3.63) is 45.7 Å². The zero-order valence-electron chi connectivity index (χ0n) is 10.3. The Morgan fingerprint density at radius 2 is 2.11 bits per heavy atom. The van der Waals surface area contributed by atoms with Gasteiger partial charge in [-0.05, 0) is 53.2 Å². The topological polar surface area (TPSA) is 38.0 Å². The molecule has 1 aromatic rings. The molecule has 0 saturated carbocycles. The molecule has 1 atom stereocenters. The van der Waals surface area contributed by atoms with Crippen molar-refractivity contribution in [1.82, 2.24) is 5.43 Å². The molecular weight excluding hydrogens is 295 g/mol. The lowest BCUT2D eigenvalue weighted by Crippen LogP contribution is -2.30. The molecule has 1 unspecified atom stereocenters. The summed E-state index contributed by atoms with van der Waals surface area (Å²) in [5.74, 6) is 5.42. The van der Waals surface area contributed by atoms with Crippen molar-refractivity contribution in [2.24, 2.45) is 5.84 Å². The standard InChI is InChI=1S/C14H18BrFN2/c15-13-11(8-5-9-12(13)16)14(18-17)10-6-3-1-2-4-7-10/h5-6,8-9,14,18H,1-4,7,17H2. The van der Waals surface area contributed by atoms with Crippen molar-refractivity contribution in [2.45, 2.75) is 38.1 Å². The van der Waals surface area contributed by atoms with Gasteiger partial charge in [0.2, 0.25) is 0 Å². The van der Waals surface area contributed by atoms with Crippen molar-refractivity contribution in [3.8, 4) is 0 Å². The summed E-state index contributed by atoms with van der Waals surface area (Å²) in [6.07, 6.45) is 8.01. The monoisotopic (exact) mass is 312 g/mol. The third-order valence-corrected chi connectivity index (χ3v) is 4.24. The third-order valence-electron chi connectivity index (χ3n) is 3.41. The number of benzene rings is 1. The Balaban J connectivity index is 2.32. The average Bonchev–Trinajstić information content (AvgIpc) is 2.64. The summed E-state index contributed by atoms with van der Waals surface area (Å²) in [5, 5.41) is 0. The lowest BCUT2D eigenvalue weighted by molar-refractivity contribution is 0.575. The molecule has 0 amide bonds. The number of allylic oxidation sites excluding steroid dienone is 1. The van der Waals surface area contributed by atoms with E-state index in [1.54, 1.807) is 6.07 Å². The van der Waals surface area contributed by atoms with Gasteiger partial charge in [0, 0.05) is 0 Å². The summed E-state index contributed by atoms with van der Waals surface area (Å²) in [4.78, 5) is 0. The van der Waals surface area contributed by atoms with Gasteiger partial charge >= 0.3 is 0 Å². The van der Waals surface area contributed by atoms with Crippen LogP contribution in [0.15, 0.2) is 34.3 Å². The summed E-state index contributed by atoms with van der Waals surface area (Å²) in [6, 6.07) is 4.97. The fraction of sp³-hybridized carbons (Fsp3) is 0.429. The summed E-state index contributed by atoms with van der Waals surface area (Å²) < 4.78 is 14.1. The quantitative estimate of drug-likeness (QED) is 0.503. The van der Waals surface area contributed by atoms with E-state index in [0.717, 1.165) is 18.4 Å². The lowest BCUT2D eigenvalue weighted by Gasteiger charge is -2.21. The molecule has 0 aromatic heterocycles. The van der Waals surface area contributed by atoms with Crippen molar-refractivity contribution in [2.75, 3.05) is 0 Å². The molecule has 98 valence electrons. The van der Waals surface area contributed by atoms with Crippen LogP contribution in [-0.4, -0.2) is 0 Å². The highest BCUT2D eigenvalue weighted by Gasteiger charge is 2.19. The van der Waals surface area contributed by atoms with Crippen LogP contribution in [-0.2, 0) is 0 Å². The molecule has 0 radical (unpaired) electrons. The molecule has 1 aliphatic carbocycles. The fourth-order valence-corrected chi connectivity index (χ4v) is 2.94. The van der Waals surface area contributed by atoms with Gasteiger partial charge in [-0.25, -0.2) is 9.82 Å². The Hall–Kier alpha value is -0.710. The Kier molecular flexibility index (Phi) is 4.92. The number of rotatable bonds is 3. The first-order valence-corrected chi connectivity index (χ1v) is 7.12. The maximum absolute atomic E-state index is 13.6. The number of nitrogens with two attached hydrogens (primary N) is 1. The van der Waals surface area contributed by atoms with Gasteiger partial charge in [0.1, 0.15) is 5.82 Å². The zero-order chi connectivity index (χ0) is 13.0. The van der Waals surface area contributed by atoms with Gasteiger partial charge < -0.3 is 0 Å². The zero-order valence-corrected chi connectivity index (χ0v) is 11.8. The van der Waals surface area contributed by atoms with Crippen LogP contribution < -0.4 is 11.3 Å². The largest absolute Gasteiger partial charge is 0.271 e. The van der Waals surface area contributed by atoms with Crippen LogP contribution in [0.1, 0.15) is 43.7 Å². The SMILES string of the molecule is NNC(C1=CCCCCC1)c1cccc(F)c1Br. The van der Waals surface area contributed by atoms with Gasteiger partial charge in [-0.2, -0.15) is 0 Å². The van der Waals surface area contributed by atoms with Crippen molar-refractivity contribution in [3.63, 3.8) is 0 Å². The third kappa shape index (κ3) is 2.99. The molecule has 0 spiro atoms. The summed E-state index contributed by atoms with van der Waals surface area (Å²) >= 11 is 3.31. The van der Waals surface area contributed by atoms with Gasteiger partial charge in [-0.3, -0.25) is 5.84 Å². The molecule has 1 aliphatic rings. The van der Waals surface area contributed by atoms with Gasteiger partial charge in [-0.15, -0.1) is 0 Å². The van der Waals surface area contributed by atoms with Gasteiger partial charge in [-0.1, -0.05) is 30.2 Å². The molecule has 0 aliphatic heterocycles. The van der Waals surface area contributed by atoms with Crippen LogP contribution in [0.2, 0.25) is 0 Å². The van der Waals surface area contributed by atoms with Crippen LogP contribution in [0.3, 0.4) is 0 Å². The highest BCUT2D eigenvalue weighted by atomic mass is 79.9. The molecule has 4 heteroatoms. The number of hydrazine groups is 1. The molecule has 2 rings (SSSR count). The fourth-order valence-electron chi connectivity index (χ4n) is 2.44. The Morgan fingerprint density at radius 1 is 1.28 bits per heavy atom. The minimum atomic E-state index is -0.248. The number of halogens is 2. The predicted molar refractivity (Wildman–Crippen MR) is 75.3 cm³/mol. The summed E-state index contributed by atoms with van der Waals surface area (Å²) in [5.41, 5.74) is 4.95. The minimum absolute atomic E-state index is 0.104. The van der Waals surface area contributed by atoms with E-state index < -0.39 is 0 Å². The predicted octanol–water partition coefficient (Wildman–Crippen LogP) is 3.98. The number of hydrogen-bond donors (Lipinski definition) is 2. The molecule has 0 saturated heterocycles. The minimum Gasteiger partial charge on any atom is -0.271 e. The maximum Gasteiger partial charge on any atom is 0.137 e. The van der Waals surface area contributed by atoms with E-state index in [4.69, 9.17) is 5.84 Å². The molecule has 0 bridgehead atoms. The van der Waals surface area contributed by atoms with E-state index in [1.807, 2.05) is 6.07 Å². The van der Waals surface area contributed by atoms with E-state index in [1.165, 1.54) is 30.9 Å². The lowest BCUT2D eigenvalue weighted by atomic mass is 9.95. The molecule has 2 nitrogen and oxygen atoms in total. The van der Waals surface area contributed by atoms with Gasteiger partial charge in [0.05, 0.1) is 10.5 Å². The summed E-state index contributed by atoms with van der Waals surface area (Å²) in [7, 11) is 0. The van der Waals surface area contributed by atoms with Crippen LogP contribution >= 0.6 is 15.9 Å². The van der Waals surface area contributed by atoms with E-state index >= 15 is 0 Å². The maximum atomic E-state index is 13.6. The van der Waals surface area contributed by atoms with Crippen molar-refractivity contribution in [1.29, 1.82) is 0 Å². The molecule has 3 N–H and O–H groups in total. The van der Waals surface area contributed by atoms with E-state index in [9.17, 15) is 4.39 Å². The number of nitrogens with one attached hydrogen (secondary N) is 1. The second-order valence-corrected chi connectivity index (χ2v) is 5.41. The first kappa shape index (κ1) is 13.7.